The van der Waals surface area contributed by atoms with Gasteiger partial charge in [0, 0.05) is 17.9 Å². The summed E-state index contributed by atoms with van der Waals surface area (Å²) in [5, 5.41) is 0.469. The van der Waals surface area contributed by atoms with Gasteiger partial charge in [-0.05, 0) is 24.6 Å². The molecule has 0 heterocycles. The van der Waals surface area contributed by atoms with E-state index in [9.17, 15) is 18.0 Å². The number of hydrogen-bond acceptors (Lipinski definition) is 2. The Kier molecular flexibility index (Phi) is 5.47. The van der Waals surface area contributed by atoms with Crippen LogP contribution >= 0.6 is 11.6 Å². The van der Waals surface area contributed by atoms with Crippen LogP contribution in [0.2, 0.25) is 5.02 Å². The van der Waals surface area contributed by atoms with E-state index in [4.69, 9.17) is 16.3 Å². The van der Waals surface area contributed by atoms with Crippen LogP contribution in [0.25, 0.3) is 0 Å². The first-order chi connectivity index (χ1) is 8.37. The van der Waals surface area contributed by atoms with Gasteiger partial charge in [-0.25, -0.2) is 0 Å². The van der Waals surface area contributed by atoms with Crippen LogP contribution in [-0.2, 0) is 4.79 Å². The Morgan fingerprint density at radius 1 is 1.33 bits per heavy atom. The van der Waals surface area contributed by atoms with Crippen molar-refractivity contribution in [2.45, 2.75) is 25.4 Å². The van der Waals surface area contributed by atoms with Gasteiger partial charge >= 0.3 is 6.18 Å². The highest BCUT2D eigenvalue weighted by Crippen LogP contribution is 2.22. The molecule has 0 aliphatic heterocycles. The second-order valence-electron chi connectivity index (χ2n) is 3.75. The number of benzene rings is 1. The summed E-state index contributed by atoms with van der Waals surface area (Å²) in [6.45, 7) is -0.238. The highest BCUT2D eigenvalue weighted by Gasteiger charge is 2.26. The van der Waals surface area contributed by atoms with Crippen molar-refractivity contribution >= 4 is 17.4 Å². The lowest BCUT2D eigenvalue weighted by Crippen LogP contribution is -2.13. The Morgan fingerprint density at radius 2 is 2.06 bits per heavy atom. The minimum atomic E-state index is -4.21. The third kappa shape index (κ3) is 6.49. The largest absolute Gasteiger partial charge is 0.486 e. The molecule has 2 nitrogen and oxygen atoms in total. The third-order valence-corrected chi connectivity index (χ3v) is 2.35. The zero-order chi connectivity index (χ0) is 13.6. The molecule has 18 heavy (non-hydrogen) atoms. The SMILES string of the molecule is O=C(CCCC(F)(F)F)COc1cccc(Cl)c1. The molecule has 100 valence electrons. The topological polar surface area (TPSA) is 26.3 Å². The first-order valence-corrected chi connectivity index (χ1v) is 5.71. The number of hydrogen-bond donors (Lipinski definition) is 0. The summed E-state index contributed by atoms with van der Waals surface area (Å²) in [4.78, 5) is 11.3. The predicted octanol–water partition coefficient (Wildman–Crippen LogP) is 4.02. The third-order valence-electron chi connectivity index (χ3n) is 2.11. The molecular weight excluding hydrogens is 269 g/mol. The molecule has 0 unspecified atom stereocenters. The number of ketones is 1. The monoisotopic (exact) mass is 280 g/mol. The van der Waals surface area contributed by atoms with Gasteiger partial charge in [0.25, 0.3) is 0 Å². The normalized spacial score (nSPS) is 11.3. The van der Waals surface area contributed by atoms with Crippen LogP contribution in [0.15, 0.2) is 24.3 Å². The van der Waals surface area contributed by atoms with Crippen LogP contribution in [0, 0.1) is 0 Å². The molecule has 0 radical (unpaired) electrons. The Labute approximate surface area is 108 Å². The number of halogens is 4. The Balaban J connectivity index is 2.25. The average Bonchev–Trinajstić information content (AvgIpc) is 2.25. The maximum absolute atomic E-state index is 11.8. The van der Waals surface area contributed by atoms with Gasteiger partial charge in [-0.3, -0.25) is 4.79 Å². The molecule has 0 saturated carbocycles. The van der Waals surface area contributed by atoms with Crippen molar-refractivity contribution in [1.82, 2.24) is 0 Å². The highest BCUT2D eigenvalue weighted by atomic mass is 35.5. The van der Waals surface area contributed by atoms with E-state index in [0.717, 1.165) is 0 Å². The van der Waals surface area contributed by atoms with Crippen molar-refractivity contribution < 1.29 is 22.7 Å². The van der Waals surface area contributed by atoms with Crippen LogP contribution in [0.5, 0.6) is 5.75 Å². The maximum Gasteiger partial charge on any atom is 0.389 e. The minimum absolute atomic E-state index is 0.139. The summed E-state index contributed by atoms with van der Waals surface area (Å²) in [7, 11) is 0. The van der Waals surface area contributed by atoms with Crippen molar-refractivity contribution in [1.29, 1.82) is 0 Å². The van der Waals surface area contributed by atoms with Gasteiger partial charge in [0.15, 0.2) is 5.78 Å². The zero-order valence-electron chi connectivity index (χ0n) is 9.47. The average molecular weight is 281 g/mol. The maximum atomic E-state index is 11.8. The lowest BCUT2D eigenvalue weighted by atomic mass is 10.2. The summed E-state index contributed by atoms with van der Waals surface area (Å²) >= 11 is 5.70. The van der Waals surface area contributed by atoms with E-state index in [1.807, 2.05) is 0 Å². The van der Waals surface area contributed by atoms with Gasteiger partial charge < -0.3 is 4.74 Å². The molecule has 0 bridgehead atoms. The Bertz CT molecular complexity index is 405. The summed E-state index contributed by atoms with van der Waals surface area (Å²) < 4.78 is 40.6. The molecule has 0 atom stereocenters. The van der Waals surface area contributed by atoms with Crippen LogP contribution in [0.3, 0.4) is 0 Å². The van der Waals surface area contributed by atoms with Gasteiger partial charge in [-0.1, -0.05) is 17.7 Å². The smallest absolute Gasteiger partial charge is 0.389 e. The Morgan fingerprint density at radius 3 is 2.67 bits per heavy atom. The Hall–Kier alpha value is -1.23. The molecule has 0 fully saturated rings. The van der Waals surface area contributed by atoms with Crippen molar-refractivity contribution in [3.8, 4) is 5.75 Å². The minimum Gasteiger partial charge on any atom is -0.486 e. The van der Waals surface area contributed by atoms with Crippen molar-refractivity contribution in [3.05, 3.63) is 29.3 Å². The molecule has 0 saturated heterocycles. The van der Waals surface area contributed by atoms with Crippen molar-refractivity contribution in [2.24, 2.45) is 0 Å². The number of carbonyl (C=O) groups excluding carboxylic acids is 1. The lowest BCUT2D eigenvalue weighted by molar-refractivity contribution is -0.137. The summed E-state index contributed by atoms with van der Waals surface area (Å²) in [5.41, 5.74) is 0. The van der Waals surface area contributed by atoms with Crippen LogP contribution < -0.4 is 4.74 Å². The fourth-order valence-electron chi connectivity index (χ4n) is 1.28. The number of alkyl halides is 3. The van der Waals surface area contributed by atoms with Crippen molar-refractivity contribution in [2.75, 3.05) is 6.61 Å². The first-order valence-electron chi connectivity index (χ1n) is 5.33. The second kappa shape index (κ2) is 6.64. The van der Waals surface area contributed by atoms with Gasteiger partial charge in [0.1, 0.15) is 12.4 Å². The fraction of sp³-hybridized carbons (Fsp3) is 0.417. The summed E-state index contributed by atoms with van der Waals surface area (Å²) in [6, 6.07) is 6.46. The van der Waals surface area contributed by atoms with E-state index in [1.54, 1.807) is 18.2 Å². The van der Waals surface area contributed by atoms with Gasteiger partial charge in [0.2, 0.25) is 0 Å². The molecule has 0 aliphatic carbocycles. The van der Waals surface area contributed by atoms with Crippen LogP contribution in [-0.4, -0.2) is 18.6 Å². The van der Waals surface area contributed by atoms with Gasteiger partial charge in [-0.2, -0.15) is 13.2 Å². The molecule has 1 rings (SSSR count). The molecule has 6 heteroatoms. The molecule has 1 aromatic carbocycles. The first kappa shape index (κ1) is 14.8. The molecule has 1 aromatic rings. The molecule has 0 amide bonds. The quantitative estimate of drug-likeness (QED) is 0.787. The van der Waals surface area contributed by atoms with E-state index in [-0.39, 0.29) is 25.2 Å². The van der Waals surface area contributed by atoms with E-state index >= 15 is 0 Å². The van der Waals surface area contributed by atoms with Crippen LogP contribution in [0.1, 0.15) is 19.3 Å². The van der Waals surface area contributed by atoms with Crippen LogP contribution in [0.4, 0.5) is 13.2 Å². The summed E-state index contributed by atoms with van der Waals surface area (Å²) in [6.07, 6.45) is -5.51. The summed E-state index contributed by atoms with van der Waals surface area (Å²) in [5.74, 6) is 0.0610. The molecule has 0 aliphatic rings. The van der Waals surface area contributed by atoms with E-state index in [1.165, 1.54) is 6.07 Å². The molecular formula is C12H12ClF3O2. The number of rotatable bonds is 6. The predicted molar refractivity (Wildman–Crippen MR) is 61.9 cm³/mol. The standard InChI is InChI=1S/C12H12ClF3O2/c13-9-3-1-5-11(7-9)18-8-10(17)4-2-6-12(14,15)16/h1,3,5,7H,2,4,6,8H2. The highest BCUT2D eigenvalue weighted by molar-refractivity contribution is 6.30. The lowest BCUT2D eigenvalue weighted by Gasteiger charge is -2.07. The number of carbonyl (C=O) groups is 1. The number of Topliss-reactive ketones (excluding diaryl/α,β-unsaturated/α-hetero) is 1. The van der Waals surface area contributed by atoms with E-state index in [0.29, 0.717) is 10.8 Å². The molecule has 0 N–H and O–H groups in total. The van der Waals surface area contributed by atoms with Gasteiger partial charge in [0.05, 0.1) is 0 Å². The molecule has 0 spiro atoms. The van der Waals surface area contributed by atoms with Crippen molar-refractivity contribution in [3.63, 3.8) is 0 Å². The number of ether oxygens (including phenoxy) is 1. The molecule has 0 aromatic heterocycles. The second-order valence-corrected chi connectivity index (χ2v) is 4.19. The zero-order valence-corrected chi connectivity index (χ0v) is 10.2. The van der Waals surface area contributed by atoms with Gasteiger partial charge in [-0.15, -0.1) is 0 Å². The van der Waals surface area contributed by atoms with E-state index < -0.39 is 12.6 Å². The van der Waals surface area contributed by atoms with E-state index in [2.05, 4.69) is 0 Å². The fourth-order valence-corrected chi connectivity index (χ4v) is 1.46.